The van der Waals surface area contributed by atoms with E-state index in [-0.39, 0.29) is 0 Å². The van der Waals surface area contributed by atoms with Gasteiger partial charge in [-0.1, -0.05) is 0 Å². The molecule has 1 aromatic carbocycles. The monoisotopic (exact) mass is 253 g/mol. The van der Waals surface area contributed by atoms with Crippen LogP contribution in [0.25, 0.3) is 0 Å². The van der Waals surface area contributed by atoms with Crippen molar-refractivity contribution in [1.82, 2.24) is 0 Å². The molecule has 0 amide bonds. The highest BCUT2D eigenvalue weighted by atomic mass is 32.2. The minimum absolute atomic E-state index is 0.389. The molecule has 0 unspecified atom stereocenters. The molecule has 0 bridgehead atoms. The zero-order valence-corrected chi connectivity index (χ0v) is 8.58. The van der Waals surface area contributed by atoms with Gasteiger partial charge >= 0.3 is 0 Å². The van der Waals surface area contributed by atoms with Crippen LogP contribution < -0.4 is 0 Å². The number of phenolic OH excluding ortho intramolecular Hbond substituents is 1. The van der Waals surface area contributed by atoms with Crippen molar-refractivity contribution in [2.75, 3.05) is 0 Å². The van der Waals surface area contributed by atoms with Crippen LogP contribution in [0.2, 0.25) is 0 Å². The maximum absolute atomic E-state index is 10.6. The molecule has 7 nitrogen and oxygen atoms in total. The molecule has 0 saturated heterocycles. The van der Waals surface area contributed by atoms with E-state index in [0.29, 0.717) is 12.1 Å². The van der Waals surface area contributed by atoms with Gasteiger partial charge in [0.2, 0.25) is 0 Å². The molecule has 0 aromatic heterocycles. The molecule has 0 spiro atoms. The summed E-state index contributed by atoms with van der Waals surface area (Å²) in [5.74, 6) is -0.870. The molecule has 0 aliphatic rings. The lowest BCUT2D eigenvalue weighted by molar-refractivity contribution is 0.441. The second-order valence-electron chi connectivity index (χ2n) is 2.50. The van der Waals surface area contributed by atoms with Gasteiger partial charge in [0.15, 0.2) is 0 Å². The normalized spacial score (nSPS) is 12.7. The average Bonchev–Trinajstić information content (AvgIpc) is 2.00. The molecule has 1 aromatic rings. The molecular formula is C6H5O7S2. The summed E-state index contributed by atoms with van der Waals surface area (Å²) < 4.78 is 59.6. The van der Waals surface area contributed by atoms with Crippen LogP contribution in [0.5, 0.6) is 5.75 Å². The Hall–Kier alpha value is -1.16. The average molecular weight is 253 g/mol. The largest absolute Gasteiger partial charge is 0.506 e. The SMILES string of the molecule is O=S(=O)(O)c1[c]cc(O)c(S(=O)(=O)O)c1. The van der Waals surface area contributed by atoms with Gasteiger partial charge in [0, 0.05) is 6.07 Å². The lowest BCUT2D eigenvalue weighted by Gasteiger charge is -2.02. The number of phenols is 1. The second-order valence-corrected chi connectivity index (χ2v) is 5.28. The lowest BCUT2D eigenvalue weighted by atomic mass is 10.3. The van der Waals surface area contributed by atoms with Crippen molar-refractivity contribution in [1.29, 1.82) is 0 Å². The molecule has 83 valence electrons. The van der Waals surface area contributed by atoms with Crippen molar-refractivity contribution in [2.45, 2.75) is 9.79 Å². The van der Waals surface area contributed by atoms with Crippen molar-refractivity contribution >= 4 is 20.2 Å². The first-order chi connectivity index (χ1) is 6.62. The third kappa shape index (κ3) is 2.65. The molecule has 0 fully saturated rings. The molecule has 0 saturated carbocycles. The zero-order chi connectivity index (χ0) is 11.9. The van der Waals surface area contributed by atoms with Gasteiger partial charge in [-0.2, -0.15) is 16.8 Å². The molecule has 9 heteroatoms. The van der Waals surface area contributed by atoms with Crippen molar-refractivity contribution < 1.29 is 31.0 Å². The summed E-state index contributed by atoms with van der Waals surface area (Å²) >= 11 is 0. The molecule has 1 radical (unpaired) electrons. The Morgan fingerprint density at radius 3 is 2.00 bits per heavy atom. The lowest BCUT2D eigenvalue weighted by Crippen LogP contribution is -2.03. The van der Waals surface area contributed by atoms with Gasteiger partial charge in [-0.15, -0.1) is 0 Å². The van der Waals surface area contributed by atoms with Crippen molar-refractivity contribution in [3.8, 4) is 5.75 Å². The topological polar surface area (TPSA) is 129 Å². The van der Waals surface area contributed by atoms with Gasteiger partial charge in [0.1, 0.15) is 15.5 Å². The van der Waals surface area contributed by atoms with Gasteiger partial charge in [0.05, 0.1) is 0 Å². The fourth-order valence-corrected chi connectivity index (χ4v) is 1.94. The number of benzene rings is 1. The molecule has 1 rings (SSSR count). The first-order valence-electron chi connectivity index (χ1n) is 3.32. The third-order valence-electron chi connectivity index (χ3n) is 1.42. The Kier molecular flexibility index (Phi) is 2.74. The first kappa shape index (κ1) is 11.9. The Bertz CT molecular complexity index is 584. The van der Waals surface area contributed by atoms with Crippen LogP contribution >= 0.6 is 0 Å². The number of hydrogen-bond acceptors (Lipinski definition) is 5. The van der Waals surface area contributed by atoms with E-state index in [2.05, 4.69) is 0 Å². The van der Waals surface area contributed by atoms with Crippen molar-refractivity contribution in [2.24, 2.45) is 0 Å². The maximum atomic E-state index is 10.6. The molecule has 3 N–H and O–H groups in total. The van der Waals surface area contributed by atoms with Crippen LogP contribution in [-0.4, -0.2) is 31.0 Å². The van der Waals surface area contributed by atoms with E-state index < -0.39 is 35.8 Å². The highest BCUT2D eigenvalue weighted by Gasteiger charge is 2.20. The Morgan fingerprint density at radius 1 is 1.07 bits per heavy atom. The van der Waals surface area contributed by atoms with Crippen LogP contribution in [0.1, 0.15) is 0 Å². The van der Waals surface area contributed by atoms with Gasteiger partial charge in [0.25, 0.3) is 20.2 Å². The van der Waals surface area contributed by atoms with E-state index in [1.165, 1.54) is 0 Å². The summed E-state index contributed by atoms with van der Waals surface area (Å²) in [7, 11) is -9.41. The predicted octanol–water partition coefficient (Wildman–Crippen LogP) is -0.314. The first-order valence-corrected chi connectivity index (χ1v) is 6.20. The zero-order valence-electron chi connectivity index (χ0n) is 6.95. The molecule has 0 heterocycles. The smallest absolute Gasteiger partial charge is 0.298 e. The highest BCUT2D eigenvalue weighted by Crippen LogP contribution is 2.24. The minimum atomic E-state index is -4.76. The number of hydrogen-bond donors (Lipinski definition) is 3. The van der Waals surface area contributed by atoms with Gasteiger partial charge < -0.3 is 5.11 Å². The quantitative estimate of drug-likeness (QED) is 0.616. The van der Waals surface area contributed by atoms with Crippen molar-refractivity contribution in [3.05, 3.63) is 18.2 Å². The van der Waals surface area contributed by atoms with Crippen LogP contribution in [0.3, 0.4) is 0 Å². The fraction of sp³-hybridized carbons (Fsp3) is 0. The Labute approximate surface area is 85.5 Å². The minimum Gasteiger partial charge on any atom is -0.506 e. The summed E-state index contributed by atoms with van der Waals surface area (Å²) in [5.41, 5.74) is 0. The van der Waals surface area contributed by atoms with E-state index in [4.69, 9.17) is 14.2 Å². The summed E-state index contributed by atoms with van der Waals surface area (Å²) in [6.45, 7) is 0. The van der Waals surface area contributed by atoms with Gasteiger partial charge in [-0.25, -0.2) is 0 Å². The van der Waals surface area contributed by atoms with Gasteiger partial charge in [-0.05, 0) is 12.1 Å². The Morgan fingerprint density at radius 2 is 1.60 bits per heavy atom. The van der Waals surface area contributed by atoms with E-state index in [1.807, 2.05) is 6.07 Å². The summed E-state index contributed by atoms with van der Waals surface area (Å²) in [6, 6.07) is 2.92. The Balaban J connectivity index is 3.57. The fourth-order valence-electron chi connectivity index (χ4n) is 0.801. The maximum Gasteiger partial charge on any atom is 0.298 e. The van der Waals surface area contributed by atoms with Crippen LogP contribution in [0, 0.1) is 6.07 Å². The van der Waals surface area contributed by atoms with Gasteiger partial charge in [-0.3, -0.25) is 9.11 Å². The van der Waals surface area contributed by atoms with E-state index in [1.54, 1.807) is 0 Å². The standard InChI is InChI=1S/C6H5O7S2/c7-5-2-1-4(14(8,9)10)3-6(5)15(11,12)13/h2-3,7H,(H,8,9,10)(H,11,12,13). The molecule has 0 aliphatic heterocycles. The second kappa shape index (κ2) is 3.45. The number of rotatable bonds is 2. The van der Waals surface area contributed by atoms with Crippen LogP contribution in [-0.2, 0) is 20.2 Å². The highest BCUT2D eigenvalue weighted by molar-refractivity contribution is 7.86. The van der Waals surface area contributed by atoms with E-state index >= 15 is 0 Å². The van der Waals surface area contributed by atoms with Crippen LogP contribution in [0.15, 0.2) is 21.9 Å². The van der Waals surface area contributed by atoms with E-state index in [9.17, 15) is 16.8 Å². The molecular weight excluding hydrogens is 248 g/mol. The van der Waals surface area contributed by atoms with Crippen molar-refractivity contribution in [3.63, 3.8) is 0 Å². The molecule has 0 atom stereocenters. The summed E-state index contributed by atoms with van der Waals surface area (Å²) in [6.07, 6.45) is 0. The molecule has 15 heavy (non-hydrogen) atoms. The summed E-state index contributed by atoms with van der Waals surface area (Å²) in [5, 5.41) is 8.99. The molecule has 0 aliphatic carbocycles. The van der Waals surface area contributed by atoms with Crippen LogP contribution in [0.4, 0.5) is 0 Å². The third-order valence-corrected chi connectivity index (χ3v) is 3.10. The predicted molar refractivity (Wildman–Crippen MR) is 46.6 cm³/mol. The summed E-state index contributed by atoms with van der Waals surface area (Å²) in [4.78, 5) is -1.89. The van der Waals surface area contributed by atoms with E-state index in [0.717, 1.165) is 0 Å². The number of aromatic hydroxyl groups is 1.